The second-order valence-electron chi connectivity index (χ2n) is 4.67. The van der Waals surface area contributed by atoms with E-state index >= 15 is 0 Å². The Kier molecular flexibility index (Phi) is 4.18. The van der Waals surface area contributed by atoms with Crippen LogP contribution in [0.2, 0.25) is 0 Å². The van der Waals surface area contributed by atoms with Crippen LogP contribution in [0.15, 0.2) is 24.3 Å². The van der Waals surface area contributed by atoms with Crippen LogP contribution in [0.3, 0.4) is 0 Å². The van der Waals surface area contributed by atoms with Gasteiger partial charge in [0.25, 0.3) is 0 Å². The molecule has 0 atom stereocenters. The van der Waals surface area contributed by atoms with Crippen molar-refractivity contribution in [1.29, 1.82) is 5.26 Å². The van der Waals surface area contributed by atoms with Crippen molar-refractivity contribution in [3.8, 4) is 6.07 Å². The number of likely N-dealkylation sites (N-methyl/N-ethyl adjacent to an activating group) is 1. The van der Waals surface area contributed by atoms with Crippen molar-refractivity contribution in [2.75, 3.05) is 25.5 Å². The molecular formula is C14H14N4O3. The Hall–Kier alpha value is -2.88. The standard InChI is InChI=1S/C14H14N4O3/c1-17-9-13(20)18(14(17)21)6-5-12(19)16-11-4-2-3-10(7-11)8-15/h2-4,7H,5-6,9H2,1H3,(H,16,19). The number of nitrogens with zero attached hydrogens (tertiary/aromatic N) is 3. The van der Waals surface area contributed by atoms with E-state index in [1.165, 1.54) is 11.9 Å². The summed E-state index contributed by atoms with van der Waals surface area (Å²) in [5.74, 6) is -0.623. The van der Waals surface area contributed by atoms with Crippen LogP contribution in [0.1, 0.15) is 12.0 Å². The molecule has 0 aliphatic carbocycles. The quantitative estimate of drug-likeness (QED) is 0.828. The lowest BCUT2D eigenvalue weighted by Crippen LogP contribution is -2.34. The molecule has 1 aromatic rings. The number of amides is 4. The number of urea groups is 1. The molecule has 1 aliphatic rings. The second kappa shape index (κ2) is 6.05. The Bertz CT molecular complexity index is 635. The lowest BCUT2D eigenvalue weighted by Gasteiger charge is -2.13. The van der Waals surface area contributed by atoms with Crippen LogP contribution in [-0.2, 0) is 9.59 Å². The first-order chi connectivity index (χ1) is 10.0. The van der Waals surface area contributed by atoms with Gasteiger partial charge in [0, 0.05) is 25.7 Å². The number of carbonyl (C=O) groups excluding carboxylic acids is 3. The zero-order valence-electron chi connectivity index (χ0n) is 11.5. The molecule has 7 heteroatoms. The fraction of sp³-hybridized carbons (Fsp3) is 0.286. The van der Waals surface area contributed by atoms with Crippen LogP contribution in [0.4, 0.5) is 10.5 Å². The molecule has 21 heavy (non-hydrogen) atoms. The molecule has 2 rings (SSSR count). The molecule has 1 N–H and O–H groups in total. The van der Waals surface area contributed by atoms with Crippen molar-refractivity contribution in [3.63, 3.8) is 0 Å². The Labute approximate surface area is 121 Å². The summed E-state index contributed by atoms with van der Waals surface area (Å²) in [6.07, 6.45) is 0.0160. The molecule has 0 radical (unpaired) electrons. The minimum Gasteiger partial charge on any atom is -0.326 e. The molecular weight excluding hydrogens is 272 g/mol. The van der Waals surface area contributed by atoms with Gasteiger partial charge in [0.1, 0.15) is 6.54 Å². The van der Waals surface area contributed by atoms with Crippen LogP contribution in [0.5, 0.6) is 0 Å². The Morgan fingerprint density at radius 2 is 2.19 bits per heavy atom. The monoisotopic (exact) mass is 286 g/mol. The summed E-state index contributed by atoms with van der Waals surface area (Å²) < 4.78 is 0. The summed E-state index contributed by atoms with van der Waals surface area (Å²) in [6.45, 7) is 0.0937. The first-order valence-electron chi connectivity index (χ1n) is 6.36. The average molecular weight is 286 g/mol. The number of imide groups is 1. The molecule has 0 saturated carbocycles. The molecule has 4 amide bonds. The highest BCUT2D eigenvalue weighted by Crippen LogP contribution is 2.11. The number of hydrogen-bond acceptors (Lipinski definition) is 4. The summed E-state index contributed by atoms with van der Waals surface area (Å²) in [5, 5.41) is 11.4. The number of nitriles is 1. The molecule has 0 aromatic heterocycles. The van der Waals surface area contributed by atoms with Gasteiger partial charge in [-0.1, -0.05) is 6.07 Å². The van der Waals surface area contributed by atoms with Crippen LogP contribution in [-0.4, -0.2) is 47.8 Å². The SMILES string of the molecule is CN1CC(=O)N(CCC(=O)Nc2cccc(C#N)c2)C1=O. The predicted octanol–water partition coefficient (Wildman–Crippen LogP) is 0.781. The summed E-state index contributed by atoms with van der Waals surface area (Å²) in [6, 6.07) is 8.10. The third-order valence-corrected chi connectivity index (χ3v) is 3.07. The Morgan fingerprint density at radius 1 is 1.43 bits per heavy atom. The van der Waals surface area contributed by atoms with Crippen LogP contribution < -0.4 is 5.32 Å². The Balaban J connectivity index is 1.89. The third kappa shape index (κ3) is 3.36. The minimum atomic E-state index is -0.390. The van der Waals surface area contributed by atoms with Crippen molar-refractivity contribution in [3.05, 3.63) is 29.8 Å². The normalized spacial score (nSPS) is 14.3. The maximum Gasteiger partial charge on any atom is 0.326 e. The van der Waals surface area contributed by atoms with Gasteiger partial charge in [-0.25, -0.2) is 4.79 Å². The number of nitrogens with one attached hydrogen (secondary N) is 1. The largest absolute Gasteiger partial charge is 0.326 e. The van der Waals surface area contributed by atoms with E-state index in [-0.39, 0.29) is 37.4 Å². The maximum absolute atomic E-state index is 11.8. The molecule has 1 aliphatic heterocycles. The average Bonchev–Trinajstić information content (AvgIpc) is 2.70. The van der Waals surface area contributed by atoms with Crippen molar-refractivity contribution < 1.29 is 14.4 Å². The van der Waals surface area contributed by atoms with E-state index in [0.29, 0.717) is 11.3 Å². The van der Waals surface area contributed by atoms with Crippen molar-refractivity contribution >= 4 is 23.5 Å². The number of anilines is 1. The zero-order valence-corrected chi connectivity index (χ0v) is 11.5. The van der Waals surface area contributed by atoms with Crippen molar-refractivity contribution in [2.45, 2.75) is 6.42 Å². The van der Waals surface area contributed by atoms with E-state index in [4.69, 9.17) is 5.26 Å². The number of rotatable bonds is 4. The number of benzene rings is 1. The first-order valence-corrected chi connectivity index (χ1v) is 6.36. The fourth-order valence-electron chi connectivity index (χ4n) is 1.99. The molecule has 1 saturated heterocycles. The fourth-order valence-corrected chi connectivity index (χ4v) is 1.99. The molecule has 1 aromatic carbocycles. The van der Waals surface area contributed by atoms with Gasteiger partial charge in [-0.3, -0.25) is 14.5 Å². The van der Waals surface area contributed by atoms with E-state index in [1.54, 1.807) is 24.3 Å². The van der Waals surface area contributed by atoms with E-state index in [2.05, 4.69) is 5.32 Å². The molecule has 1 fully saturated rings. The van der Waals surface area contributed by atoms with E-state index in [1.807, 2.05) is 6.07 Å². The highest BCUT2D eigenvalue weighted by molar-refractivity contribution is 6.02. The molecule has 0 bridgehead atoms. The van der Waals surface area contributed by atoms with Crippen molar-refractivity contribution in [2.24, 2.45) is 0 Å². The van der Waals surface area contributed by atoms with Gasteiger partial charge >= 0.3 is 6.03 Å². The highest BCUT2D eigenvalue weighted by Gasteiger charge is 2.33. The topological polar surface area (TPSA) is 93.5 Å². The van der Waals surface area contributed by atoms with Crippen molar-refractivity contribution in [1.82, 2.24) is 9.80 Å². The van der Waals surface area contributed by atoms with E-state index < -0.39 is 0 Å². The van der Waals surface area contributed by atoms with Gasteiger partial charge in [-0.2, -0.15) is 5.26 Å². The van der Waals surface area contributed by atoms with Crippen LogP contribution in [0.25, 0.3) is 0 Å². The van der Waals surface area contributed by atoms with E-state index in [0.717, 1.165) is 4.90 Å². The smallest absolute Gasteiger partial charge is 0.326 e. The maximum atomic E-state index is 11.8. The summed E-state index contributed by atoms with van der Waals surface area (Å²) >= 11 is 0. The molecule has 0 spiro atoms. The third-order valence-electron chi connectivity index (χ3n) is 3.07. The molecule has 7 nitrogen and oxygen atoms in total. The summed E-state index contributed by atoms with van der Waals surface area (Å²) in [4.78, 5) is 37.3. The molecule has 108 valence electrons. The minimum absolute atomic E-state index is 0.0160. The van der Waals surface area contributed by atoms with Gasteiger partial charge in [-0.15, -0.1) is 0 Å². The zero-order chi connectivity index (χ0) is 15.4. The van der Waals surface area contributed by atoms with Gasteiger partial charge in [-0.05, 0) is 18.2 Å². The molecule has 0 unspecified atom stereocenters. The van der Waals surface area contributed by atoms with Crippen LogP contribution >= 0.6 is 0 Å². The van der Waals surface area contributed by atoms with Gasteiger partial charge in [0.15, 0.2) is 0 Å². The lowest BCUT2D eigenvalue weighted by atomic mass is 10.2. The van der Waals surface area contributed by atoms with Gasteiger partial charge in [0.2, 0.25) is 11.8 Å². The Morgan fingerprint density at radius 3 is 2.81 bits per heavy atom. The summed E-state index contributed by atoms with van der Waals surface area (Å²) in [7, 11) is 1.54. The van der Waals surface area contributed by atoms with Crippen LogP contribution in [0, 0.1) is 11.3 Å². The van der Waals surface area contributed by atoms with Gasteiger partial charge in [0.05, 0.1) is 11.6 Å². The number of hydrogen-bond donors (Lipinski definition) is 1. The van der Waals surface area contributed by atoms with Gasteiger partial charge < -0.3 is 10.2 Å². The first kappa shape index (κ1) is 14.5. The highest BCUT2D eigenvalue weighted by atomic mass is 16.2. The summed E-state index contributed by atoms with van der Waals surface area (Å²) in [5.41, 5.74) is 0.953. The second-order valence-corrected chi connectivity index (χ2v) is 4.67. The lowest BCUT2D eigenvalue weighted by molar-refractivity contribution is -0.125. The number of carbonyl (C=O) groups is 3. The van der Waals surface area contributed by atoms with E-state index in [9.17, 15) is 14.4 Å². The molecule has 1 heterocycles. The predicted molar refractivity (Wildman–Crippen MR) is 74.1 cm³/mol.